The van der Waals surface area contributed by atoms with Gasteiger partial charge in [-0.1, -0.05) is 12.1 Å². The van der Waals surface area contributed by atoms with Crippen molar-refractivity contribution in [3.05, 3.63) is 66.4 Å². The van der Waals surface area contributed by atoms with Gasteiger partial charge in [0, 0.05) is 41.8 Å². The highest BCUT2D eigenvalue weighted by Gasteiger charge is 2.11. The van der Waals surface area contributed by atoms with Gasteiger partial charge < -0.3 is 26.0 Å². The Morgan fingerprint density at radius 3 is 2.41 bits per heavy atom. The van der Waals surface area contributed by atoms with Gasteiger partial charge in [0.2, 0.25) is 11.9 Å². The molecule has 9 nitrogen and oxygen atoms in total. The Morgan fingerprint density at radius 2 is 1.72 bits per heavy atom. The number of rotatable bonds is 7. The van der Waals surface area contributed by atoms with Crippen molar-refractivity contribution in [3.63, 3.8) is 0 Å². The van der Waals surface area contributed by atoms with Gasteiger partial charge in [-0.2, -0.15) is 0 Å². The lowest BCUT2D eigenvalue weighted by atomic mass is 10.1. The standard InChI is InChI=1S/C23H24N6O3/c24-21(30)15-26-22(31)17-3-1-16(2-4-17)20-9-10-25-23(28-20)27-18-5-7-19(8-6-18)29-11-13-32-14-12-29/h1-10H,11-15H2,(H2,24,30)(H,26,31)(H,25,27,28). The highest BCUT2D eigenvalue weighted by Crippen LogP contribution is 2.23. The van der Waals surface area contributed by atoms with E-state index in [1.54, 1.807) is 36.5 Å². The number of hydrogen-bond acceptors (Lipinski definition) is 7. The van der Waals surface area contributed by atoms with Crippen molar-refractivity contribution in [3.8, 4) is 11.3 Å². The van der Waals surface area contributed by atoms with Crippen LogP contribution in [0.15, 0.2) is 60.8 Å². The molecule has 0 unspecified atom stereocenters. The Balaban J connectivity index is 1.42. The number of morpholine rings is 1. The second kappa shape index (κ2) is 9.88. The molecular formula is C23H24N6O3. The number of anilines is 3. The van der Waals surface area contributed by atoms with Crippen LogP contribution in [0.25, 0.3) is 11.3 Å². The van der Waals surface area contributed by atoms with Gasteiger partial charge in [-0.3, -0.25) is 9.59 Å². The molecular weight excluding hydrogens is 408 g/mol. The van der Waals surface area contributed by atoms with Crippen molar-refractivity contribution in [1.82, 2.24) is 15.3 Å². The van der Waals surface area contributed by atoms with Gasteiger partial charge >= 0.3 is 0 Å². The van der Waals surface area contributed by atoms with E-state index in [1.165, 1.54) is 0 Å². The Bertz CT molecular complexity index is 1080. The summed E-state index contributed by atoms with van der Waals surface area (Å²) in [7, 11) is 0. The van der Waals surface area contributed by atoms with Crippen LogP contribution in [0, 0.1) is 0 Å². The lowest BCUT2D eigenvalue weighted by molar-refractivity contribution is -0.117. The van der Waals surface area contributed by atoms with Gasteiger partial charge in [0.25, 0.3) is 5.91 Å². The molecule has 4 rings (SSSR count). The van der Waals surface area contributed by atoms with Crippen molar-refractivity contribution in [2.75, 3.05) is 43.1 Å². The average Bonchev–Trinajstić information content (AvgIpc) is 2.84. The van der Waals surface area contributed by atoms with E-state index < -0.39 is 5.91 Å². The number of aromatic nitrogens is 2. The summed E-state index contributed by atoms with van der Waals surface area (Å²) in [4.78, 5) is 34.0. The van der Waals surface area contributed by atoms with Crippen molar-refractivity contribution in [2.45, 2.75) is 0 Å². The van der Waals surface area contributed by atoms with Crippen LogP contribution in [-0.2, 0) is 9.53 Å². The zero-order chi connectivity index (χ0) is 22.3. The molecule has 164 valence electrons. The predicted octanol–water partition coefficient (Wildman–Crippen LogP) is 1.94. The summed E-state index contributed by atoms with van der Waals surface area (Å²) in [6.45, 7) is 3.08. The fraction of sp³-hybridized carbons (Fsp3) is 0.217. The van der Waals surface area contributed by atoms with Crippen LogP contribution in [0.1, 0.15) is 10.4 Å². The molecule has 4 N–H and O–H groups in total. The summed E-state index contributed by atoms with van der Waals surface area (Å²) >= 11 is 0. The third kappa shape index (κ3) is 5.38. The van der Waals surface area contributed by atoms with Crippen LogP contribution in [0.5, 0.6) is 0 Å². The fourth-order valence-corrected chi connectivity index (χ4v) is 3.35. The minimum absolute atomic E-state index is 0.199. The van der Waals surface area contributed by atoms with Gasteiger partial charge in [0.1, 0.15) is 0 Å². The summed E-state index contributed by atoms with van der Waals surface area (Å²) in [5, 5.41) is 5.69. The van der Waals surface area contributed by atoms with Crippen LogP contribution in [-0.4, -0.2) is 54.6 Å². The Morgan fingerprint density at radius 1 is 1.00 bits per heavy atom. The number of hydrogen-bond donors (Lipinski definition) is 3. The SMILES string of the molecule is NC(=O)CNC(=O)c1ccc(-c2ccnc(Nc3ccc(N4CCOCC4)cc3)n2)cc1. The first-order valence-electron chi connectivity index (χ1n) is 10.3. The summed E-state index contributed by atoms with van der Waals surface area (Å²) in [5.74, 6) is -0.475. The van der Waals surface area contributed by atoms with E-state index in [2.05, 4.69) is 37.6 Å². The van der Waals surface area contributed by atoms with E-state index in [1.807, 2.05) is 12.1 Å². The van der Waals surface area contributed by atoms with Gasteiger partial charge in [0.05, 0.1) is 25.5 Å². The molecule has 1 aliphatic heterocycles. The Hall–Kier alpha value is -3.98. The minimum atomic E-state index is -0.591. The lowest BCUT2D eigenvalue weighted by Crippen LogP contribution is -2.36. The molecule has 2 heterocycles. The number of primary amides is 1. The molecule has 1 saturated heterocycles. The molecule has 0 bridgehead atoms. The van der Waals surface area contributed by atoms with Crippen LogP contribution in [0.2, 0.25) is 0 Å². The number of nitrogens with one attached hydrogen (secondary N) is 2. The smallest absolute Gasteiger partial charge is 0.251 e. The molecule has 9 heteroatoms. The number of nitrogens with zero attached hydrogens (tertiary/aromatic N) is 3. The summed E-state index contributed by atoms with van der Waals surface area (Å²) in [6.07, 6.45) is 1.68. The van der Waals surface area contributed by atoms with Gasteiger partial charge in [0.15, 0.2) is 0 Å². The highest BCUT2D eigenvalue weighted by molar-refractivity contribution is 5.96. The summed E-state index contributed by atoms with van der Waals surface area (Å²) in [6, 6.07) is 16.9. The molecule has 1 fully saturated rings. The number of carbonyl (C=O) groups excluding carboxylic acids is 2. The van der Waals surface area contributed by atoms with Crippen LogP contribution in [0.3, 0.4) is 0 Å². The molecule has 32 heavy (non-hydrogen) atoms. The van der Waals surface area contributed by atoms with E-state index in [9.17, 15) is 9.59 Å². The first-order valence-corrected chi connectivity index (χ1v) is 10.3. The number of ether oxygens (including phenoxy) is 1. The third-order valence-electron chi connectivity index (χ3n) is 5.02. The minimum Gasteiger partial charge on any atom is -0.378 e. The Labute approximate surface area is 185 Å². The lowest BCUT2D eigenvalue weighted by Gasteiger charge is -2.28. The van der Waals surface area contributed by atoms with E-state index in [-0.39, 0.29) is 12.5 Å². The van der Waals surface area contributed by atoms with E-state index in [0.717, 1.165) is 48.9 Å². The molecule has 0 saturated carbocycles. The molecule has 1 aliphatic rings. The summed E-state index contributed by atoms with van der Waals surface area (Å²) in [5.41, 5.74) is 9.09. The van der Waals surface area contributed by atoms with Crippen molar-refractivity contribution >= 4 is 29.1 Å². The number of amides is 2. The maximum atomic E-state index is 12.0. The normalized spacial score (nSPS) is 13.4. The fourth-order valence-electron chi connectivity index (χ4n) is 3.35. The molecule has 0 radical (unpaired) electrons. The number of carbonyl (C=O) groups is 2. The van der Waals surface area contributed by atoms with Crippen LogP contribution < -0.4 is 21.3 Å². The Kier molecular flexibility index (Phi) is 6.57. The van der Waals surface area contributed by atoms with Gasteiger partial charge in [-0.05, 0) is 42.5 Å². The first kappa shape index (κ1) is 21.3. The van der Waals surface area contributed by atoms with Crippen molar-refractivity contribution in [2.24, 2.45) is 5.73 Å². The second-order valence-corrected chi connectivity index (χ2v) is 7.26. The molecule has 2 aromatic carbocycles. The van der Waals surface area contributed by atoms with Crippen LogP contribution in [0.4, 0.5) is 17.3 Å². The summed E-state index contributed by atoms with van der Waals surface area (Å²) < 4.78 is 5.40. The highest BCUT2D eigenvalue weighted by atomic mass is 16.5. The largest absolute Gasteiger partial charge is 0.378 e. The first-order chi connectivity index (χ1) is 15.6. The molecule has 3 aromatic rings. The van der Waals surface area contributed by atoms with E-state index >= 15 is 0 Å². The molecule has 0 atom stereocenters. The van der Waals surface area contributed by atoms with Gasteiger partial charge in [-0.15, -0.1) is 0 Å². The van der Waals surface area contributed by atoms with Crippen molar-refractivity contribution < 1.29 is 14.3 Å². The number of nitrogens with two attached hydrogens (primary N) is 1. The monoisotopic (exact) mass is 432 g/mol. The van der Waals surface area contributed by atoms with Crippen molar-refractivity contribution in [1.29, 1.82) is 0 Å². The van der Waals surface area contributed by atoms with Crippen LogP contribution >= 0.6 is 0 Å². The zero-order valence-electron chi connectivity index (χ0n) is 17.5. The molecule has 2 amide bonds. The predicted molar refractivity (Wildman–Crippen MR) is 122 cm³/mol. The average molecular weight is 432 g/mol. The maximum Gasteiger partial charge on any atom is 0.251 e. The zero-order valence-corrected chi connectivity index (χ0v) is 17.5. The quantitative estimate of drug-likeness (QED) is 0.521. The molecule has 0 spiro atoms. The maximum absolute atomic E-state index is 12.0. The second-order valence-electron chi connectivity index (χ2n) is 7.26. The van der Waals surface area contributed by atoms with Gasteiger partial charge in [-0.25, -0.2) is 9.97 Å². The third-order valence-corrected chi connectivity index (χ3v) is 5.02. The topological polar surface area (TPSA) is 122 Å². The van der Waals surface area contributed by atoms with E-state index in [0.29, 0.717) is 11.5 Å². The van der Waals surface area contributed by atoms with E-state index in [4.69, 9.17) is 10.5 Å². The number of benzene rings is 2. The molecule has 1 aromatic heterocycles. The molecule has 0 aliphatic carbocycles.